The van der Waals surface area contributed by atoms with Crippen molar-refractivity contribution in [1.82, 2.24) is 0 Å². The molecule has 0 saturated heterocycles. The second kappa shape index (κ2) is 22.8. The Bertz CT molecular complexity index is 2220. The molecule has 0 N–H and O–H groups in total. The Morgan fingerprint density at radius 3 is 0.619 bits per heavy atom. The van der Waals surface area contributed by atoms with Gasteiger partial charge in [0.2, 0.25) is 0 Å². The molecule has 0 aromatic rings. The van der Waals surface area contributed by atoms with Crippen LogP contribution in [0.2, 0.25) is 0 Å². The van der Waals surface area contributed by atoms with Gasteiger partial charge in [-0.25, -0.2) is 9.59 Å². The third-order valence-corrected chi connectivity index (χ3v) is 12.7. The SMILES string of the molecule is C=C(C)C(=O)OCC(F)(F)C(F)(F)C(F)(F)C(F)(F)C(F)(F)C(F)(F)C(F)(F)C(F)(F)C(F)(F)C(F)(F)COS(C)(CCCF)OCC(F)(F)C(F)(F)C(F)(F)C(F)(F)C(F)(F)C(F)(F)C(F)(F)C(F)(F)C(F)(F)C(F)(F)COC(=O)C(=C)C. The molecule has 0 spiro atoms. The van der Waals surface area contributed by atoms with Crippen LogP contribution in [0, 0.1) is 0 Å². The van der Waals surface area contributed by atoms with Gasteiger partial charge in [-0.3, -0.25) is 12.8 Å². The molecule has 0 atom stereocenters. The molecule has 48 heteroatoms. The second-order valence-corrected chi connectivity index (χ2v) is 19.6. The van der Waals surface area contributed by atoms with Gasteiger partial charge in [0, 0.05) is 23.2 Å². The molecule has 6 nitrogen and oxygen atoms in total. The number of ether oxygens (including phenoxy) is 2. The van der Waals surface area contributed by atoms with Gasteiger partial charge < -0.3 is 9.47 Å². The summed E-state index contributed by atoms with van der Waals surface area (Å²) in [6, 6.07) is 0. The minimum absolute atomic E-state index is 0.413. The standard InChI is InChI=1S/C36H27F41O6S/c1-13(2)15(78)80-9-17(38,39)21(46,47)25(54,55)29(62,63)33(70,71)35(74,75)31(66,67)27(58,59)23(50,51)19(42,43)11-82-84(5,8-6-7-37)83-12-20(44,45)24(52,53)28(60,61)32(68,69)36(76,77)34(72,73)30(64,65)26(56,57)22(48,49)18(40,41)10-81-16(79)14(3)4/h1,3,6-12H2,2,4-5H3. The van der Waals surface area contributed by atoms with E-state index < -0.39 is 204 Å². The van der Waals surface area contributed by atoms with E-state index in [1.54, 1.807) is 0 Å². The Kier molecular flexibility index (Phi) is 21.6. The Hall–Kier alpha value is -4.18. The number of carbonyl (C=O) groups is 2. The number of hydrogen-bond donors (Lipinski definition) is 0. The van der Waals surface area contributed by atoms with Crippen molar-refractivity contribution in [3.8, 4) is 0 Å². The molecule has 0 aliphatic heterocycles. The van der Waals surface area contributed by atoms with Gasteiger partial charge in [0.25, 0.3) is 0 Å². The average Bonchev–Trinajstić information content (AvgIpc) is 3.31. The van der Waals surface area contributed by atoms with E-state index in [1.807, 2.05) is 0 Å². The average molecular weight is 1370 g/mol. The normalized spacial score (nSPS) is 16.2. The number of rotatable bonds is 33. The van der Waals surface area contributed by atoms with Gasteiger partial charge in [-0.2, -0.15) is 186 Å². The highest BCUT2D eigenvalue weighted by atomic mass is 32.3. The summed E-state index contributed by atoms with van der Waals surface area (Å²) in [6.07, 6.45) is -2.53. The van der Waals surface area contributed by atoms with Crippen LogP contribution < -0.4 is 0 Å². The summed E-state index contributed by atoms with van der Waals surface area (Å²) in [5.74, 6) is -187. The summed E-state index contributed by atoms with van der Waals surface area (Å²) in [6.45, 7) is -12.6. The van der Waals surface area contributed by atoms with Crippen molar-refractivity contribution < 1.29 is 207 Å². The van der Waals surface area contributed by atoms with Gasteiger partial charge in [0.05, 0.1) is 6.67 Å². The maximum absolute atomic E-state index is 14.7. The van der Waals surface area contributed by atoms with Crippen LogP contribution in [0.15, 0.2) is 24.3 Å². The lowest BCUT2D eigenvalue weighted by atomic mass is 9.85. The molecule has 0 aliphatic rings. The zero-order chi connectivity index (χ0) is 68.6. The molecule has 0 unspecified atom stereocenters. The van der Waals surface area contributed by atoms with E-state index in [2.05, 4.69) is 31.0 Å². The maximum atomic E-state index is 14.7. The highest BCUT2D eigenvalue weighted by molar-refractivity contribution is 8.25. The van der Waals surface area contributed by atoms with Crippen molar-refractivity contribution in [3.05, 3.63) is 24.3 Å². The molecular formula is C36H27F41O6S. The van der Waals surface area contributed by atoms with Gasteiger partial charge in [-0.15, -0.1) is 0 Å². The van der Waals surface area contributed by atoms with Gasteiger partial charge in [0.1, 0.15) is 13.2 Å². The molecule has 0 radical (unpaired) electrons. The van der Waals surface area contributed by atoms with Crippen molar-refractivity contribution in [2.75, 3.05) is 45.1 Å². The van der Waals surface area contributed by atoms with Crippen LogP contribution in [0.25, 0.3) is 0 Å². The molecule has 0 bridgehead atoms. The third kappa shape index (κ3) is 11.9. The fourth-order valence-corrected chi connectivity index (χ4v) is 6.80. The van der Waals surface area contributed by atoms with Crippen LogP contribution in [0.1, 0.15) is 20.3 Å². The molecule has 0 saturated carbocycles. The number of carbonyl (C=O) groups excluding carboxylic acids is 2. The Morgan fingerprint density at radius 2 is 0.464 bits per heavy atom. The first-order chi connectivity index (χ1) is 36.1. The van der Waals surface area contributed by atoms with Crippen molar-refractivity contribution >= 4 is 22.5 Å². The van der Waals surface area contributed by atoms with Crippen LogP contribution >= 0.6 is 10.6 Å². The van der Waals surface area contributed by atoms with E-state index in [1.165, 1.54) is 0 Å². The molecule has 0 amide bonds. The Labute approximate surface area is 438 Å². The van der Waals surface area contributed by atoms with E-state index in [9.17, 15) is 190 Å². The third-order valence-electron chi connectivity index (χ3n) is 10.5. The van der Waals surface area contributed by atoms with E-state index in [0.29, 0.717) is 13.8 Å². The highest BCUT2D eigenvalue weighted by Gasteiger charge is 3.00. The molecule has 0 aromatic carbocycles. The fourth-order valence-electron chi connectivity index (χ4n) is 5.07. The van der Waals surface area contributed by atoms with Gasteiger partial charge in [-0.05, 0) is 20.3 Å². The van der Waals surface area contributed by atoms with Gasteiger partial charge >= 0.3 is 130 Å². The van der Waals surface area contributed by atoms with Crippen LogP contribution in [0.3, 0.4) is 0 Å². The number of hydrogen-bond acceptors (Lipinski definition) is 6. The van der Waals surface area contributed by atoms with Crippen molar-refractivity contribution in [1.29, 1.82) is 0 Å². The monoisotopic (exact) mass is 1370 g/mol. The largest absolute Gasteiger partial charge is 0.456 e. The van der Waals surface area contributed by atoms with Crippen molar-refractivity contribution in [2.24, 2.45) is 0 Å². The fraction of sp³-hybridized carbons (Fsp3) is 0.833. The van der Waals surface area contributed by atoms with E-state index in [0.717, 1.165) is 0 Å². The summed E-state index contributed by atoms with van der Waals surface area (Å²) in [7, 11) is -5.86. The Morgan fingerprint density at radius 1 is 0.310 bits per heavy atom. The van der Waals surface area contributed by atoms with Crippen molar-refractivity contribution in [2.45, 2.75) is 139 Å². The van der Waals surface area contributed by atoms with E-state index >= 15 is 0 Å². The van der Waals surface area contributed by atoms with Gasteiger partial charge in [-0.1, -0.05) is 13.2 Å². The summed E-state index contributed by atoms with van der Waals surface area (Å²) < 4.78 is 599. The summed E-state index contributed by atoms with van der Waals surface area (Å²) in [5, 5.41) is 0. The minimum Gasteiger partial charge on any atom is -0.456 e. The predicted molar refractivity (Wildman–Crippen MR) is 191 cm³/mol. The smallest absolute Gasteiger partial charge is 0.385 e. The minimum atomic E-state index is -9.75. The molecular weight excluding hydrogens is 1340 g/mol. The molecule has 0 aromatic heterocycles. The van der Waals surface area contributed by atoms with E-state index in [-0.39, 0.29) is 0 Å². The summed E-state index contributed by atoms with van der Waals surface area (Å²) >= 11 is 0. The first-order valence-electron chi connectivity index (χ1n) is 19.9. The van der Waals surface area contributed by atoms with Crippen LogP contribution in [-0.2, 0) is 27.4 Å². The topological polar surface area (TPSA) is 71.1 Å². The second-order valence-electron chi connectivity index (χ2n) is 16.9. The molecule has 0 fully saturated rings. The molecule has 0 aliphatic carbocycles. The molecule has 500 valence electrons. The lowest BCUT2D eigenvalue weighted by Gasteiger charge is -2.46. The van der Waals surface area contributed by atoms with Crippen LogP contribution in [-0.4, -0.2) is 175 Å². The van der Waals surface area contributed by atoms with Crippen LogP contribution in [0.5, 0.6) is 0 Å². The number of alkyl halides is 41. The van der Waals surface area contributed by atoms with Crippen molar-refractivity contribution in [3.63, 3.8) is 0 Å². The zero-order valence-electron chi connectivity index (χ0n) is 39.7. The maximum Gasteiger partial charge on any atom is 0.385 e. The Balaban J connectivity index is 7.40. The van der Waals surface area contributed by atoms with Crippen LogP contribution in [0.4, 0.5) is 180 Å². The number of esters is 2. The van der Waals surface area contributed by atoms with E-state index in [4.69, 9.17) is 0 Å². The summed E-state index contributed by atoms with van der Waals surface area (Å²) in [5.41, 5.74) is -2.36. The lowest BCUT2D eigenvalue weighted by molar-refractivity contribution is -0.469. The molecule has 0 rings (SSSR count). The first-order valence-corrected chi connectivity index (χ1v) is 22.0. The van der Waals surface area contributed by atoms with Gasteiger partial charge in [0.15, 0.2) is 13.2 Å². The molecule has 84 heavy (non-hydrogen) atoms. The quantitative estimate of drug-likeness (QED) is 0.0370. The predicted octanol–water partition coefficient (Wildman–Crippen LogP) is 15.6. The summed E-state index contributed by atoms with van der Waals surface area (Å²) in [4.78, 5) is 22.2. The molecule has 0 heterocycles. The number of halogens is 41. The first kappa shape index (κ1) is 79.8. The zero-order valence-corrected chi connectivity index (χ0v) is 40.5. The highest BCUT2D eigenvalue weighted by Crippen LogP contribution is 2.69. The lowest BCUT2D eigenvalue weighted by Crippen LogP contribution is -2.77.